The van der Waals surface area contributed by atoms with Crippen molar-refractivity contribution in [2.24, 2.45) is 4.99 Å². The Balaban J connectivity index is 2.17. The van der Waals surface area contributed by atoms with E-state index in [-0.39, 0.29) is 12.5 Å². The van der Waals surface area contributed by atoms with Gasteiger partial charge in [0.15, 0.2) is 17.5 Å². The lowest BCUT2D eigenvalue weighted by molar-refractivity contribution is -0.119. The van der Waals surface area contributed by atoms with E-state index in [9.17, 15) is 4.79 Å². The average molecular weight is 348 g/mol. The zero-order valence-electron chi connectivity index (χ0n) is 15.5. The highest BCUT2D eigenvalue weighted by atomic mass is 16.5. The molecular formula is C18H28N4O3. The first-order valence-electron chi connectivity index (χ1n) is 8.66. The van der Waals surface area contributed by atoms with E-state index >= 15 is 0 Å². The average Bonchev–Trinajstić information content (AvgIpc) is 2.63. The molecule has 25 heavy (non-hydrogen) atoms. The van der Waals surface area contributed by atoms with Gasteiger partial charge in [-0.2, -0.15) is 0 Å². The number of benzene rings is 1. The van der Waals surface area contributed by atoms with Crippen molar-refractivity contribution in [3.63, 3.8) is 0 Å². The molecule has 0 radical (unpaired) electrons. The predicted molar refractivity (Wildman–Crippen MR) is 98.3 cm³/mol. The lowest BCUT2D eigenvalue weighted by atomic mass is 9.99. The second-order valence-electron chi connectivity index (χ2n) is 5.77. The van der Waals surface area contributed by atoms with Crippen molar-refractivity contribution < 1.29 is 14.3 Å². The molecule has 1 amide bonds. The molecule has 0 aliphatic carbocycles. The van der Waals surface area contributed by atoms with E-state index in [0.29, 0.717) is 6.54 Å². The van der Waals surface area contributed by atoms with Crippen LogP contribution >= 0.6 is 0 Å². The van der Waals surface area contributed by atoms with Crippen molar-refractivity contribution in [3.8, 4) is 11.5 Å². The van der Waals surface area contributed by atoms with Gasteiger partial charge in [0.2, 0.25) is 5.91 Å². The van der Waals surface area contributed by atoms with Gasteiger partial charge in [-0.15, -0.1) is 0 Å². The molecule has 0 saturated carbocycles. The first-order valence-corrected chi connectivity index (χ1v) is 8.66. The molecule has 2 rings (SSSR count). The second-order valence-corrected chi connectivity index (χ2v) is 5.77. The minimum absolute atomic E-state index is 0.0679. The van der Waals surface area contributed by atoms with Crippen molar-refractivity contribution in [2.45, 2.75) is 26.8 Å². The number of fused-ring (bicyclic) bond motifs is 1. The second kappa shape index (κ2) is 9.15. The van der Waals surface area contributed by atoms with Gasteiger partial charge in [0, 0.05) is 26.2 Å². The molecule has 0 unspecified atom stereocenters. The van der Waals surface area contributed by atoms with Crippen LogP contribution < -0.4 is 20.1 Å². The van der Waals surface area contributed by atoms with Crippen molar-refractivity contribution >= 4 is 11.9 Å². The number of ether oxygens (including phenoxy) is 2. The molecule has 0 spiro atoms. The van der Waals surface area contributed by atoms with E-state index < -0.39 is 0 Å². The number of hydrogen-bond donors (Lipinski definition) is 2. The maximum atomic E-state index is 11.7. The smallest absolute Gasteiger partial charge is 0.241 e. The molecule has 0 aromatic heterocycles. The Labute approximate surface area is 149 Å². The summed E-state index contributed by atoms with van der Waals surface area (Å²) in [7, 11) is 3.29. The molecular weight excluding hydrogens is 320 g/mol. The Kier molecular flexibility index (Phi) is 6.91. The number of aliphatic imine (C=N–C) groups is 1. The monoisotopic (exact) mass is 348 g/mol. The zero-order valence-corrected chi connectivity index (χ0v) is 15.5. The predicted octanol–water partition coefficient (Wildman–Crippen LogP) is 1.16. The van der Waals surface area contributed by atoms with Gasteiger partial charge in [-0.3, -0.25) is 4.79 Å². The number of rotatable bonds is 6. The minimum Gasteiger partial charge on any atom is -0.493 e. The number of hydrogen-bond acceptors (Lipinski definition) is 4. The van der Waals surface area contributed by atoms with Gasteiger partial charge < -0.3 is 25.0 Å². The van der Waals surface area contributed by atoms with Crippen LogP contribution in [0.1, 0.15) is 25.0 Å². The van der Waals surface area contributed by atoms with Gasteiger partial charge in [-0.25, -0.2) is 4.99 Å². The molecule has 7 nitrogen and oxygen atoms in total. The Morgan fingerprint density at radius 2 is 1.76 bits per heavy atom. The van der Waals surface area contributed by atoms with Gasteiger partial charge in [-0.1, -0.05) is 0 Å². The standard InChI is InChI=1S/C18H28N4O3/c1-5-19-17(23)11-21-18(20-6-2)22-8-7-13-9-15(24-3)16(25-4)10-14(13)12-22/h9-10H,5-8,11-12H2,1-4H3,(H,19,23)(H,20,21). The molecule has 0 saturated heterocycles. The number of nitrogens with zero attached hydrogens (tertiary/aromatic N) is 2. The molecule has 1 aliphatic rings. The fraction of sp³-hybridized carbons (Fsp3) is 0.556. The lowest BCUT2D eigenvalue weighted by Crippen LogP contribution is -2.44. The van der Waals surface area contributed by atoms with Crippen LogP contribution in [0.25, 0.3) is 0 Å². The van der Waals surface area contributed by atoms with Gasteiger partial charge in [0.05, 0.1) is 14.2 Å². The zero-order chi connectivity index (χ0) is 18.2. The number of likely N-dealkylation sites (N-methyl/N-ethyl adjacent to an activating group) is 1. The summed E-state index contributed by atoms with van der Waals surface area (Å²) >= 11 is 0. The number of methoxy groups -OCH3 is 2. The summed E-state index contributed by atoms with van der Waals surface area (Å²) in [5, 5.41) is 6.04. The Bertz CT molecular complexity index is 631. The van der Waals surface area contributed by atoms with Crippen molar-refractivity contribution in [2.75, 3.05) is 40.4 Å². The summed E-state index contributed by atoms with van der Waals surface area (Å²) in [5.41, 5.74) is 2.45. The van der Waals surface area contributed by atoms with Gasteiger partial charge in [-0.05, 0) is 43.5 Å². The number of carbonyl (C=O) groups is 1. The molecule has 7 heteroatoms. The quantitative estimate of drug-likeness (QED) is 0.596. The van der Waals surface area contributed by atoms with E-state index in [1.165, 1.54) is 11.1 Å². The van der Waals surface area contributed by atoms with Crippen LogP contribution in [0.4, 0.5) is 0 Å². The van der Waals surface area contributed by atoms with Gasteiger partial charge in [0.1, 0.15) is 6.54 Å². The summed E-state index contributed by atoms with van der Waals surface area (Å²) in [6, 6.07) is 4.07. The van der Waals surface area contributed by atoms with E-state index in [2.05, 4.69) is 20.5 Å². The van der Waals surface area contributed by atoms with E-state index in [1.54, 1.807) is 14.2 Å². The SMILES string of the molecule is CCNC(=O)CN=C(NCC)N1CCc2cc(OC)c(OC)cc2C1. The molecule has 1 aliphatic heterocycles. The summed E-state index contributed by atoms with van der Waals surface area (Å²) in [5.74, 6) is 2.18. The maximum Gasteiger partial charge on any atom is 0.241 e. The maximum absolute atomic E-state index is 11.7. The summed E-state index contributed by atoms with van der Waals surface area (Å²) in [6.45, 7) is 6.97. The van der Waals surface area contributed by atoms with E-state index in [1.807, 2.05) is 26.0 Å². The highest BCUT2D eigenvalue weighted by Crippen LogP contribution is 2.33. The number of carbonyl (C=O) groups excluding carboxylic acids is 1. The fourth-order valence-electron chi connectivity index (χ4n) is 2.89. The summed E-state index contributed by atoms with van der Waals surface area (Å²) < 4.78 is 10.8. The van der Waals surface area contributed by atoms with Crippen LogP contribution in [0.15, 0.2) is 17.1 Å². The molecule has 138 valence electrons. The van der Waals surface area contributed by atoms with Crippen LogP contribution in [0, 0.1) is 0 Å². The van der Waals surface area contributed by atoms with Crippen LogP contribution in [0.3, 0.4) is 0 Å². The molecule has 2 N–H and O–H groups in total. The summed E-state index contributed by atoms with van der Waals surface area (Å²) in [4.78, 5) is 18.3. The molecule has 1 aromatic rings. The highest BCUT2D eigenvalue weighted by molar-refractivity contribution is 5.85. The first kappa shape index (κ1) is 18.9. The third kappa shape index (κ3) is 4.78. The highest BCUT2D eigenvalue weighted by Gasteiger charge is 2.21. The van der Waals surface area contributed by atoms with Crippen molar-refractivity contribution in [1.29, 1.82) is 0 Å². The molecule has 0 bridgehead atoms. The van der Waals surface area contributed by atoms with Crippen molar-refractivity contribution in [3.05, 3.63) is 23.3 Å². The summed E-state index contributed by atoms with van der Waals surface area (Å²) in [6.07, 6.45) is 0.890. The van der Waals surface area contributed by atoms with E-state index in [4.69, 9.17) is 9.47 Å². The largest absolute Gasteiger partial charge is 0.493 e. The van der Waals surface area contributed by atoms with Crippen LogP contribution in [0.5, 0.6) is 11.5 Å². The first-order chi connectivity index (χ1) is 12.1. The van der Waals surface area contributed by atoms with Crippen LogP contribution in [0.2, 0.25) is 0 Å². The minimum atomic E-state index is -0.0679. The van der Waals surface area contributed by atoms with Crippen LogP contribution in [-0.4, -0.2) is 57.2 Å². The Morgan fingerprint density at radius 3 is 2.36 bits per heavy atom. The molecule has 0 atom stereocenters. The Hall–Kier alpha value is -2.44. The number of guanidine groups is 1. The number of nitrogens with one attached hydrogen (secondary N) is 2. The normalized spacial score (nSPS) is 13.9. The van der Waals surface area contributed by atoms with E-state index in [0.717, 1.165) is 43.5 Å². The van der Waals surface area contributed by atoms with Crippen LogP contribution in [-0.2, 0) is 17.8 Å². The topological polar surface area (TPSA) is 75.2 Å². The fourth-order valence-corrected chi connectivity index (χ4v) is 2.89. The molecule has 1 aromatic carbocycles. The molecule has 1 heterocycles. The number of amides is 1. The van der Waals surface area contributed by atoms with Gasteiger partial charge in [0.25, 0.3) is 0 Å². The van der Waals surface area contributed by atoms with Crippen molar-refractivity contribution in [1.82, 2.24) is 15.5 Å². The third-order valence-electron chi connectivity index (χ3n) is 4.10. The lowest BCUT2D eigenvalue weighted by Gasteiger charge is -2.32. The third-order valence-corrected chi connectivity index (χ3v) is 4.10. The van der Waals surface area contributed by atoms with Gasteiger partial charge >= 0.3 is 0 Å². The molecule has 0 fully saturated rings. The Morgan fingerprint density at radius 1 is 1.12 bits per heavy atom.